The number of hydrogen-bond donors (Lipinski definition) is 1. The van der Waals surface area contributed by atoms with Crippen molar-refractivity contribution in [1.29, 1.82) is 0 Å². The van der Waals surface area contributed by atoms with Crippen LogP contribution in [0.3, 0.4) is 0 Å². The summed E-state index contributed by atoms with van der Waals surface area (Å²) < 4.78 is 11.7. The van der Waals surface area contributed by atoms with Gasteiger partial charge in [0.2, 0.25) is 0 Å². The largest absolute Gasteiger partial charge is 0.496 e. The molecule has 2 N–H and O–H groups in total. The van der Waals surface area contributed by atoms with Crippen molar-refractivity contribution in [2.75, 3.05) is 7.11 Å². The predicted octanol–water partition coefficient (Wildman–Crippen LogP) is 4.80. The Kier molecular flexibility index (Phi) is 5.76. The molecule has 0 saturated heterocycles. The third-order valence-electron chi connectivity index (χ3n) is 2.94. The van der Waals surface area contributed by atoms with Gasteiger partial charge in [0.25, 0.3) is 0 Å². The number of methoxy groups -OCH3 is 1. The van der Waals surface area contributed by atoms with Gasteiger partial charge in [-0.1, -0.05) is 35.3 Å². The minimum absolute atomic E-state index is 0.360. The van der Waals surface area contributed by atoms with Crippen LogP contribution < -0.4 is 15.2 Å². The SMILES string of the molecule is COc1cc(COc2cc(Cl)c(Br)cc2Cl)ccc1CN. The van der Waals surface area contributed by atoms with E-state index < -0.39 is 0 Å². The van der Waals surface area contributed by atoms with E-state index in [4.69, 9.17) is 38.4 Å². The topological polar surface area (TPSA) is 44.5 Å². The molecule has 0 radical (unpaired) electrons. The van der Waals surface area contributed by atoms with Gasteiger partial charge in [-0.25, -0.2) is 0 Å². The van der Waals surface area contributed by atoms with E-state index in [1.165, 1.54) is 0 Å². The minimum Gasteiger partial charge on any atom is -0.496 e. The Morgan fingerprint density at radius 2 is 1.86 bits per heavy atom. The first-order valence-electron chi connectivity index (χ1n) is 6.18. The van der Waals surface area contributed by atoms with E-state index in [1.54, 1.807) is 19.2 Å². The fraction of sp³-hybridized carbons (Fsp3) is 0.200. The Labute approximate surface area is 142 Å². The average molecular weight is 391 g/mol. The molecule has 0 aliphatic carbocycles. The maximum Gasteiger partial charge on any atom is 0.139 e. The molecule has 112 valence electrons. The van der Waals surface area contributed by atoms with Crippen LogP contribution in [0.25, 0.3) is 0 Å². The fourth-order valence-corrected chi connectivity index (χ4v) is 2.67. The zero-order chi connectivity index (χ0) is 15.4. The van der Waals surface area contributed by atoms with Crippen LogP contribution in [0.2, 0.25) is 10.0 Å². The highest BCUT2D eigenvalue weighted by molar-refractivity contribution is 9.10. The standard InChI is InChI=1S/C15H14BrCl2NO2/c1-20-14-4-9(2-3-10(14)7-19)8-21-15-6-12(17)11(16)5-13(15)18/h2-6H,7-8,19H2,1H3. The lowest BCUT2D eigenvalue weighted by atomic mass is 10.1. The van der Waals surface area contributed by atoms with Gasteiger partial charge in [0.05, 0.1) is 17.2 Å². The Morgan fingerprint density at radius 1 is 1.10 bits per heavy atom. The van der Waals surface area contributed by atoms with Crippen LogP contribution in [0.4, 0.5) is 0 Å². The summed E-state index contributed by atoms with van der Waals surface area (Å²) in [5.41, 5.74) is 7.55. The third kappa shape index (κ3) is 4.04. The number of halogens is 3. The van der Waals surface area contributed by atoms with Gasteiger partial charge in [0.1, 0.15) is 18.1 Å². The molecule has 0 unspecified atom stereocenters. The van der Waals surface area contributed by atoms with Crippen LogP contribution in [0.15, 0.2) is 34.8 Å². The van der Waals surface area contributed by atoms with Gasteiger partial charge in [-0.3, -0.25) is 0 Å². The maximum atomic E-state index is 6.12. The molecule has 0 spiro atoms. The number of rotatable bonds is 5. The van der Waals surface area contributed by atoms with Gasteiger partial charge < -0.3 is 15.2 Å². The Bertz CT molecular complexity index is 650. The van der Waals surface area contributed by atoms with E-state index in [-0.39, 0.29) is 0 Å². The molecule has 0 aromatic heterocycles. The third-order valence-corrected chi connectivity index (χ3v) is 4.43. The summed E-state index contributed by atoms with van der Waals surface area (Å²) in [7, 11) is 1.62. The Hall–Kier alpha value is -0.940. The van der Waals surface area contributed by atoms with Gasteiger partial charge in [-0.15, -0.1) is 0 Å². The van der Waals surface area contributed by atoms with Crippen molar-refractivity contribution in [1.82, 2.24) is 0 Å². The minimum atomic E-state index is 0.360. The lowest BCUT2D eigenvalue weighted by Gasteiger charge is -2.12. The number of nitrogens with two attached hydrogens (primary N) is 1. The smallest absolute Gasteiger partial charge is 0.139 e. The van der Waals surface area contributed by atoms with Crippen LogP contribution in [0, 0.1) is 0 Å². The number of benzene rings is 2. The quantitative estimate of drug-likeness (QED) is 0.745. The summed E-state index contributed by atoms with van der Waals surface area (Å²) in [5, 5.41) is 1.04. The molecule has 0 aliphatic heterocycles. The highest BCUT2D eigenvalue weighted by atomic mass is 79.9. The molecule has 0 fully saturated rings. The maximum absolute atomic E-state index is 6.12. The molecule has 0 bridgehead atoms. The summed E-state index contributed by atoms with van der Waals surface area (Å²) in [6.45, 7) is 0.789. The zero-order valence-corrected chi connectivity index (χ0v) is 14.4. The average Bonchev–Trinajstić information content (AvgIpc) is 2.49. The molecule has 2 aromatic rings. The first-order valence-corrected chi connectivity index (χ1v) is 7.73. The lowest BCUT2D eigenvalue weighted by molar-refractivity contribution is 0.305. The molecule has 0 saturated carbocycles. The highest BCUT2D eigenvalue weighted by Crippen LogP contribution is 2.34. The normalized spacial score (nSPS) is 10.5. The molecule has 0 aliphatic rings. The van der Waals surface area contributed by atoms with E-state index in [9.17, 15) is 0 Å². The summed E-state index contributed by atoms with van der Waals surface area (Å²) in [4.78, 5) is 0. The number of hydrogen-bond acceptors (Lipinski definition) is 3. The molecule has 3 nitrogen and oxygen atoms in total. The predicted molar refractivity (Wildman–Crippen MR) is 89.4 cm³/mol. The van der Waals surface area contributed by atoms with Crippen molar-refractivity contribution in [2.24, 2.45) is 5.73 Å². The fourth-order valence-electron chi connectivity index (χ4n) is 1.82. The summed E-state index contributed by atoms with van der Waals surface area (Å²) in [6, 6.07) is 9.15. The second-order valence-corrected chi connectivity index (χ2v) is 6.00. The van der Waals surface area contributed by atoms with E-state index in [1.807, 2.05) is 18.2 Å². The van der Waals surface area contributed by atoms with Gasteiger partial charge >= 0.3 is 0 Å². The van der Waals surface area contributed by atoms with Crippen molar-refractivity contribution < 1.29 is 9.47 Å². The molecule has 0 heterocycles. The monoisotopic (exact) mass is 389 g/mol. The molecule has 21 heavy (non-hydrogen) atoms. The van der Waals surface area contributed by atoms with Crippen molar-refractivity contribution >= 4 is 39.1 Å². The summed E-state index contributed by atoms with van der Waals surface area (Å²) in [6.07, 6.45) is 0. The van der Waals surface area contributed by atoms with Gasteiger partial charge in [0.15, 0.2) is 0 Å². The zero-order valence-electron chi connectivity index (χ0n) is 11.3. The van der Waals surface area contributed by atoms with E-state index in [0.29, 0.717) is 28.9 Å². The molecule has 0 amide bonds. The van der Waals surface area contributed by atoms with Gasteiger partial charge in [-0.05, 0) is 33.6 Å². The van der Waals surface area contributed by atoms with E-state index >= 15 is 0 Å². The molecule has 0 atom stereocenters. The van der Waals surface area contributed by atoms with Crippen molar-refractivity contribution in [3.63, 3.8) is 0 Å². The summed E-state index contributed by atoms with van der Waals surface area (Å²) >= 11 is 15.5. The second-order valence-electron chi connectivity index (χ2n) is 4.34. The molecule has 6 heteroatoms. The van der Waals surface area contributed by atoms with Gasteiger partial charge in [-0.2, -0.15) is 0 Å². The van der Waals surface area contributed by atoms with Crippen molar-refractivity contribution in [3.05, 3.63) is 56.0 Å². The number of ether oxygens (including phenoxy) is 2. The highest BCUT2D eigenvalue weighted by Gasteiger charge is 2.08. The van der Waals surface area contributed by atoms with Gasteiger partial charge in [0, 0.05) is 22.6 Å². The van der Waals surface area contributed by atoms with Crippen molar-refractivity contribution in [3.8, 4) is 11.5 Å². The Balaban J connectivity index is 2.15. The molecule has 2 rings (SSSR count). The van der Waals surface area contributed by atoms with Crippen LogP contribution in [0.1, 0.15) is 11.1 Å². The first-order chi connectivity index (χ1) is 10.0. The summed E-state index contributed by atoms with van der Waals surface area (Å²) in [5.74, 6) is 1.28. The van der Waals surface area contributed by atoms with Crippen LogP contribution in [0.5, 0.6) is 11.5 Å². The first kappa shape index (κ1) is 16.4. The van der Waals surface area contributed by atoms with E-state index in [0.717, 1.165) is 21.3 Å². The molecule has 2 aromatic carbocycles. The molecular weight excluding hydrogens is 377 g/mol. The van der Waals surface area contributed by atoms with Crippen molar-refractivity contribution in [2.45, 2.75) is 13.2 Å². The molecular formula is C15H14BrCl2NO2. The second kappa shape index (κ2) is 7.36. The van der Waals surface area contributed by atoms with Crippen LogP contribution >= 0.6 is 39.1 Å². The Morgan fingerprint density at radius 3 is 2.52 bits per heavy atom. The van der Waals surface area contributed by atoms with E-state index in [2.05, 4.69) is 15.9 Å². The van der Waals surface area contributed by atoms with Crippen LogP contribution in [-0.4, -0.2) is 7.11 Å². The van der Waals surface area contributed by atoms with Crippen LogP contribution in [-0.2, 0) is 13.2 Å². The lowest BCUT2D eigenvalue weighted by Crippen LogP contribution is -2.02.